The summed E-state index contributed by atoms with van der Waals surface area (Å²) >= 11 is 0. The minimum atomic E-state index is 0.218. The van der Waals surface area contributed by atoms with E-state index in [2.05, 4.69) is 17.1 Å². The summed E-state index contributed by atoms with van der Waals surface area (Å²) in [6.45, 7) is 8.33. The van der Waals surface area contributed by atoms with E-state index in [-0.39, 0.29) is 5.75 Å². The van der Waals surface area contributed by atoms with Crippen molar-refractivity contribution < 1.29 is 19.5 Å². The summed E-state index contributed by atoms with van der Waals surface area (Å²) in [6, 6.07) is 11.6. The summed E-state index contributed by atoms with van der Waals surface area (Å²) in [6.07, 6.45) is 4.37. The summed E-state index contributed by atoms with van der Waals surface area (Å²) in [4.78, 5) is 1.61. The number of methoxy groups -OCH3 is 1. The number of phenols is 1. The smallest absolute Gasteiger partial charge is 0.137 e. The zero-order valence-corrected chi connectivity index (χ0v) is 18.6. The number of phenolic OH excluding ortho intramolecular Hbond substituents is 1. The van der Waals surface area contributed by atoms with E-state index in [4.69, 9.17) is 9.47 Å². The first kappa shape index (κ1) is 21.2. The molecule has 1 aromatic heterocycles. The Morgan fingerprint density at radius 3 is 2.55 bits per heavy atom. The predicted octanol–water partition coefficient (Wildman–Crippen LogP) is 3.46. The SMILES string of the molecule is COc1ccc(-c2cn[nH]c2-c2ccc(OCC[NH+]3CCC(C)CC3)c(C)c2O)cc1. The average Bonchev–Trinajstić information content (AvgIpc) is 3.28. The van der Waals surface area contributed by atoms with Crippen LogP contribution >= 0.6 is 0 Å². The second kappa shape index (κ2) is 9.43. The standard InChI is InChI=1S/C25H31N3O3/c1-17-10-12-28(13-11-17)14-15-31-23-9-8-21(25(29)18(23)2)24-22(16-26-27-24)19-4-6-20(30-3)7-5-19/h4-9,16-17,29H,10-15H2,1-3H3,(H,26,27)/p+1. The summed E-state index contributed by atoms with van der Waals surface area (Å²) in [5.74, 6) is 2.60. The second-order valence-electron chi connectivity index (χ2n) is 8.50. The zero-order chi connectivity index (χ0) is 21.8. The molecule has 3 N–H and O–H groups in total. The number of quaternary nitrogens is 1. The number of hydrogen-bond donors (Lipinski definition) is 3. The minimum Gasteiger partial charge on any atom is -0.507 e. The number of H-pyrrole nitrogens is 1. The molecular formula is C25H32N3O3+. The number of rotatable bonds is 7. The average molecular weight is 423 g/mol. The molecule has 1 aliphatic heterocycles. The molecule has 0 aliphatic carbocycles. The summed E-state index contributed by atoms with van der Waals surface area (Å²) < 4.78 is 11.3. The third-order valence-corrected chi connectivity index (χ3v) is 6.39. The number of nitrogens with one attached hydrogen (secondary N) is 2. The Labute approximate surface area is 183 Å². The molecule has 1 saturated heterocycles. The maximum Gasteiger partial charge on any atom is 0.137 e. The predicted molar refractivity (Wildman–Crippen MR) is 122 cm³/mol. The van der Waals surface area contributed by atoms with E-state index < -0.39 is 0 Å². The molecule has 4 rings (SSSR count). The molecule has 2 aromatic carbocycles. The molecule has 3 aromatic rings. The van der Waals surface area contributed by atoms with E-state index >= 15 is 0 Å². The molecule has 1 fully saturated rings. The number of nitrogens with zero attached hydrogens (tertiary/aromatic N) is 1. The van der Waals surface area contributed by atoms with Gasteiger partial charge in [0.15, 0.2) is 0 Å². The number of aromatic nitrogens is 2. The quantitative estimate of drug-likeness (QED) is 0.545. The lowest BCUT2D eigenvalue weighted by Crippen LogP contribution is -3.13. The number of ether oxygens (including phenoxy) is 2. The van der Waals surface area contributed by atoms with Gasteiger partial charge >= 0.3 is 0 Å². The van der Waals surface area contributed by atoms with Crippen molar-refractivity contribution in [2.24, 2.45) is 5.92 Å². The fourth-order valence-electron chi connectivity index (χ4n) is 4.25. The van der Waals surface area contributed by atoms with Crippen LogP contribution in [0, 0.1) is 12.8 Å². The molecule has 0 saturated carbocycles. The Kier molecular flexibility index (Phi) is 6.47. The molecule has 6 nitrogen and oxygen atoms in total. The highest BCUT2D eigenvalue weighted by atomic mass is 16.5. The van der Waals surface area contributed by atoms with Crippen LogP contribution in [0.3, 0.4) is 0 Å². The van der Waals surface area contributed by atoms with Crippen molar-refractivity contribution in [2.45, 2.75) is 26.7 Å². The molecule has 0 amide bonds. The van der Waals surface area contributed by atoms with Gasteiger partial charge in [0.25, 0.3) is 0 Å². The lowest BCUT2D eigenvalue weighted by atomic mass is 9.99. The zero-order valence-electron chi connectivity index (χ0n) is 18.6. The lowest BCUT2D eigenvalue weighted by molar-refractivity contribution is -0.906. The Morgan fingerprint density at radius 1 is 1.10 bits per heavy atom. The summed E-state index contributed by atoms with van der Waals surface area (Å²) in [5.41, 5.74) is 4.16. The van der Waals surface area contributed by atoms with Gasteiger partial charge in [-0.3, -0.25) is 5.10 Å². The molecule has 0 atom stereocenters. The number of hydrogen-bond acceptors (Lipinski definition) is 4. The van der Waals surface area contributed by atoms with Crippen molar-refractivity contribution in [2.75, 3.05) is 33.4 Å². The van der Waals surface area contributed by atoms with Crippen LogP contribution in [0.15, 0.2) is 42.6 Å². The number of aromatic amines is 1. The molecule has 31 heavy (non-hydrogen) atoms. The van der Waals surface area contributed by atoms with Crippen LogP contribution in [0.4, 0.5) is 0 Å². The van der Waals surface area contributed by atoms with Gasteiger partial charge in [-0.05, 0) is 55.5 Å². The van der Waals surface area contributed by atoms with Gasteiger partial charge in [0.2, 0.25) is 0 Å². The largest absolute Gasteiger partial charge is 0.507 e. The first-order valence-corrected chi connectivity index (χ1v) is 11.0. The molecule has 0 unspecified atom stereocenters. The topological polar surface area (TPSA) is 71.8 Å². The van der Waals surface area contributed by atoms with Gasteiger partial charge in [-0.2, -0.15) is 5.10 Å². The Morgan fingerprint density at radius 2 is 1.84 bits per heavy atom. The van der Waals surface area contributed by atoms with Crippen LogP contribution < -0.4 is 14.4 Å². The van der Waals surface area contributed by atoms with Crippen LogP contribution in [0.25, 0.3) is 22.4 Å². The van der Waals surface area contributed by atoms with Gasteiger partial charge in [0, 0.05) is 16.7 Å². The monoisotopic (exact) mass is 422 g/mol. The summed E-state index contributed by atoms with van der Waals surface area (Å²) in [5, 5.41) is 18.2. The lowest BCUT2D eigenvalue weighted by Gasteiger charge is -2.27. The van der Waals surface area contributed by atoms with Crippen molar-refractivity contribution in [3.63, 3.8) is 0 Å². The van der Waals surface area contributed by atoms with E-state index in [1.807, 2.05) is 43.3 Å². The van der Waals surface area contributed by atoms with Crippen molar-refractivity contribution in [1.82, 2.24) is 10.2 Å². The van der Waals surface area contributed by atoms with Gasteiger partial charge in [0.05, 0.1) is 32.1 Å². The number of benzene rings is 2. The highest BCUT2D eigenvalue weighted by Crippen LogP contribution is 2.40. The molecule has 0 bridgehead atoms. The van der Waals surface area contributed by atoms with Crippen molar-refractivity contribution in [1.29, 1.82) is 0 Å². The maximum absolute atomic E-state index is 10.9. The highest BCUT2D eigenvalue weighted by molar-refractivity contribution is 5.84. The highest BCUT2D eigenvalue weighted by Gasteiger charge is 2.20. The normalized spacial score (nSPS) is 18.7. The van der Waals surface area contributed by atoms with Gasteiger partial charge in [0.1, 0.15) is 30.4 Å². The first-order chi connectivity index (χ1) is 15.1. The molecule has 2 heterocycles. The van der Waals surface area contributed by atoms with Crippen molar-refractivity contribution in [3.05, 3.63) is 48.2 Å². The Hall–Kier alpha value is -2.99. The molecule has 6 heteroatoms. The number of piperidine rings is 1. The fraction of sp³-hybridized carbons (Fsp3) is 0.400. The van der Waals surface area contributed by atoms with Crippen LogP contribution in [0.1, 0.15) is 25.3 Å². The van der Waals surface area contributed by atoms with Crippen LogP contribution in [-0.2, 0) is 0 Å². The van der Waals surface area contributed by atoms with Crippen LogP contribution in [0.2, 0.25) is 0 Å². The van der Waals surface area contributed by atoms with E-state index in [9.17, 15) is 5.11 Å². The molecular weight excluding hydrogens is 390 g/mol. The van der Waals surface area contributed by atoms with Gasteiger partial charge in [-0.1, -0.05) is 19.1 Å². The molecule has 0 spiro atoms. The van der Waals surface area contributed by atoms with E-state index in [0.29, 0.717) is 12.2 Å². The van der Waals surface area contributed by atoms with Gasteiger partial charge < -0.3 is 19.5 Å². The number of likely N-dealkylation sites (tertiary alicyclic amines) is 1. The van der Waals surface area contributed by atoms with Crippen LogP contribution in [-0.4, -0.2) is 48.7 Å². The van der Waals surface area contributed by atoms with Crippen molar-refractivity contribution >= 4 is 0 Å². The Balaban J connectivity index is 1.48. The van der Waals surface area contributed by atoms with Gasteiger partial charge in [-0.15, -0.1) is 0 Å². The molecule has 164 valence electrons. The minimum absolute atomic E-state index is 0.218. The Bertz CT molecular complexity index is 1010. The fourth-order valence-corrected chi connectivity index (χ4v) is 4.25. The van der Waals surface area contributed by atoms with Crippen LogP contribution in [0.5, 0.6) is 17.2 Å². The van der Waals surface area contributed by atoms with Gasteiger partial charge in [-0.25, -0.2) is 0 Å². The molecule has 1 aliphatic rings. The summed E-state index contributed by atoms with van der Waals surface area (Å²) in [7, 11) is 1.65. The van der Waals surface area contributed by atoms with E-state index in [1.165, 1.54) is 25.9 Å². The van der Waals surface area contributed by atoms with Crippen molar-refractivity contribution in [3.8, 4) is 39.6 Å². The van der Waals surface area contributed by atoms with E-state index in [0.717, 1.165) is 46.3 Å². The second-order valence-corrected chi connectivity index (χ2v) is 8.50. The third kappa shape index (κ3) is 4.69. The van der Waals surface area contributed by atoms with E-state index in [1.54, 1.807) is 18.2 Å². The first-order valence-electron chi connectivity index (χ1n) is 11.0. The maximum atomic E-state index is 10.9. The third-order valence-electron chi connectivity index (χ3n) is 6.39. The number of aromatic hydroxyl groups is 1. The molecule has 0 radical (unpaired) electrons.